The van der Waals surface area contributed by atoms with Crippen LogP contribution in [0.15, 0.2) is 65.7 Å². The van der Waals surface area contributed by atoms with Crippen LogP contribution >= 0.6 is 0 Å². The standard InChI is InChI=1S/C23H15F4NO3/c1-12-21(28-22(29-12)20-16(24)3-2-4-17(20)25)14-7-5-13(6-8-14)15-9-10-18-19(11-15)31-23(26,27)30-18/h2-12,21H,1H3. The lowest BCUT2D eigenvalue weighted by atomic mass is 9.99. The molecule has 31 heavy (non-hydrogen) atoms. The summed E-state index contributed by atoms with van der Waals surface area (Å²) in [5.74, 6) is -1.62. The van der Waals surface area contributed by atoms with Gasteiger partial charge < -0.3 is 14.2 Å². The topological polar surface area (TPSA) is 40.0 Å². The van der Waals surface area contributed by atoms with E-state index in [4.69, 9.17) is 4.74 Å². The van der Waals surface area contributed by atoms with E-state index in [0.29, 0.717) is 5.56 Å². The fourth-order valence-electron chi connectivity index (χ4n) is 3.67. The molecule has 2 aliphatic heterocycles. The third-order valence-corrected chi connectivity index (χ3v) is 5.16. The Labute approximate surface area is 174 Å². The van der Waals surface area contributed by atoms with Crippen LogP contribution in [0.2, 0.25) is 0 Å². The monoisotopic (exact) mass is 429 g/mol. The van der Waals surface area contributed by atoms with Crippen LogP contribution in [0.25, 0.3) is 11.1 Å². The quantitative estimate of drug-likeness (QED) is 0.490. The Morgan fingerprint density at radius 2 is 1.48 bits per heavy atom. The summed E-state index contributed by atoms with van der Waals surface area (Å²) in [4.78, 5) is 4.39. The van der Waals surface area contributed by atoms with Crippen molar-refractivity contribution in [3.63, 3.8) is 0 Å². The zero-order valence-electron chi connectivity index (χ0n) is 16.1. The number of rotatable bonds is 3. The van der Waals surface area contributed by atoms with Gasteiger partial charge in [-0.05, 0) is 47.9 Å². The molecule has 2 heterocycles. The molecular formula is C23H15F4NO3. The van der Waals surface area contributed by atoms with Crippen LogP contribution in [-0.4, -0.2) is 18.3 Å². The van der Waals surface area contributed by atoms with E-state index in [0.717, 1.165) is 23.3 Å². The second-order valence-corrected chi connectivity index (χ2v) is 7.25. The lowest BCUT2D eigenvalue weighted by Crippen LogP contribution is -2.25. The average Bonchev–Trinajstić information content (AvgIpc) is 3.25. The summed E-state index contributed by atoms with van der Waals surface area (Å²) in [5, 5.41) is 0. The van der Waals surface area contributed by atoms with Crippen molar-refractivity contribution in [3.8, 4) is 22.6 Å². The number of aliphatic imine (C=N–C) groups is 1. The number of alkyl halides is 2. The molecule has 8 heteroatoms. The van der Waals surface area contributed by atoms with E-state index in [1.807, 2.05) is 12.1 Å². The highest BCUT2D eigenvalue weighted by molar-refractivity contribution is 5.96. The summed E-state index contributed by atoms with van der Waals surface area (Å²) >= 11 is 0. The maximum Gasteiger partial charge on any atom is 0.586 e. The van der Waals surface area contributed by atoms with Crippen LogP contribution < -0.4 is 9.47 Å². The molecule has 0 saturated heterocycles. The Bertz CT molecular complexity index is 1170. The number of halogens is 4. The lowest BCUT2D eigenvalue weighted by molar-refractivity contribution is -0.286. The van der Waals surface area contributed by atoms with Gasteiger partial charge >= 0.3 is 6.29 Å². The van der Waals surface area contributed by atoms with Gasteiger partial charge in [-0.2, -0.15) is 0 Å². The molecule has 0 spiro atoms. The molecule has 0 bridgehead atoms. The van der Waals surface area contributed by atoms with Crippen molar-refractivity contribution in [1.29, 1.82) is 0 Å². The van der Waals surface area contributed by atoms with Crippen molar-refractivity contribution in [2.75, 3.05) is 0 Å². The molecule has 0 aliphatic carbocycles. The first-order chi connectivity index (χ1) is 14.8. The number of benzene rings is 3. The van der Waals surface area contributed by atoms with E-state index in [1.165, 1.54) is 18.2 Å². The Hall–Kier alpha value is -3.55. The third kappa shape index (κ3) is 3.48. The van der Waals surface area contributed by atoms with Crippen molar-refractivity contribution in [2.45, 2.75) is 25.4 Å². The first-order valence-corrected chi connectivity index (χ1v) is 9.50. The van der Waals surface area contributed by atoms with E-state index >= 15 is 0 Å². The summed E-state index contributed by atoms with van der Waals surface area (Å²) in [7, 11) is 0. The van der Waals surface area contributed by atoms with Gasteiger partial charge in [-0.3, -0.25) is 0 Å². The zero-order chi connectivity index (χ0) is 21.8. The van der Waals surface area contributed by atoms with Crippen molar-refractivity contribution < 1.29 is 31.8 Å². The summed E-state index contributed by atoms with van der Waals surface area (Å²) in [6, 6.07) is 14.9. The minimum Gasteiger partial charge on any atom is -0.472 e. The van der Waals surface area contributed by atoms with E-state index in [2.05, 4.69) is 14.5 Å². The van der Waals surface area contributed by atoms with Gasteiger partial charge in [-0.25, -0.2) is 13.8 Å². The molecule has 2 unspecified atom stereocenters. The molecule has 0 radical (unpaired) electrons. The Morgan fingerprint density at radius 1 is 0.839 bits per heavy atom. The van der Waals surface area contributed by atoms with Gasteiger partial charge in [-0.1, -0.05) is 36.4 Å². The number of hydrogen-bond donors (Lipinski definition) is 0. The van der Waals surface area contributed by atoms with Crippen LogP contribution in [0.3, 0.4) is 0 Å². The fraction of sp³-hybridized carbons (Fsp3) is 0.174. The second kappa shape index (κ2) is 7.01. The summed E-state index contributed by atoms with van der Waals surface area (Å²) in [6.07, 6.45) is -4.09. The summed E-state index contributed by atoms with van der Waals surface area (Å²) in [6.45, 7) is 1.77. The van der Waals surface area contributed by atoms with Crippen molar-refractivity contribution >= 4 is 5.90 Å². The molecular weight excluding hydrogens is 414 g/mol. The molecule has 4 nitrogen and oxygen atoms in total. The van der Waals surface area contributed by atoms with Crippen LogP contribution in [0.5, 0.6) is 11.5 Å². The maximum absolute atomic E-state index is 14.1. The second-order valence-electron chi connectivity index (χ2n) is 7.25. The minimum absolute atomic E-state index is 0.0236. The minimum atomic E-state index is -3.67. The predicted octanol–water partition coefficient (Wildman–Crippen LogP) is 5.86. The largest absolute Gasteiger partial charge is 0.586 e. The smallest absolute Gasteiger partial charge is 0.472 e. The number of fused-ring (bicyclic) bond motifs is 1. The predicted molar refractivity (Wildman–Crippen MR) is 104 cm³/mol. The molecule has 2 aliphatic rings. The van der Waals surface area contributed by atoms with Gasteiger partial charge in [0.15, 0.2) is 11.5 Å². The Morgan fingerprint density at radius 3 is 2.19 bits per heavy atom. The van der Waals surface area contributed by atoms with E-state index in [-0.39, 0.29) is 23.0 Å². The molecule has 0 N–H and O–H groups in total. The van der Waals surface area contributed by atoms with Crippen molar-refractivity contribution in [2.24, 2.45) is 4.99 Å². The average molecular weight is 429 g/mol. The van der Waals surface area contributed by atoms with Gasteiger partial charge in [0.05, 0.1) is 0 Å². The molecule has 0 saturated carbocycles. The summed E-state index contributed by atoms with van der Waals surface area (Å²) < 4.78 is 69.1. The van der Waals surface area contributed by atoms with Crippen LogP contribution in [0.4, 0.5) is 17.6 Å². The van der Waals surface area contributed by atoms with Crippen molar-refractivity contribution in [1.82, 2.24) is 0 Å². The Balaban J connectivity index is 1.41. The normalized spacial score (nSPS) is 21.0. The maximum atomic E-state index is 14.1. The summed E-state index contributed by atoms with van der Waals surface area (Å²) in [5.41, 5.74) is 1.93. The lowest BCUT2D eigenvalue weighted by Gasteiger charge is -2.13. The Kier molecular flexibility index (Phi) is 4.39. The highest BCUT2D eigenvalue weighted by Crippen LogP contribution is 2.43. The molecule has 0 aromatic heterocycles. The van der Waals surface area contributed by atoms with Gasteiger partial charge in [-0.15, -0.1) is 8.78 Å². The van der Waals surface area contributed by atoms with E-state index in [9.17, 15) is 17.6 Å². The zero-order valence-corrected chi connectivity index (χ0v) is 16.1. The van der Waals surface area contributed by atoms with Crippen LogP contribution in [0.1, 0.15) is 24.1 Å². The number of ether oxygens (including phenoxy) is 3. The third-order valence-electron chi connectivity index (χ3n) is 5.16. The van der Waals surface area contributed by atoms with Gasteiger partial charge in [0.2, 0.25) is 5.90 Å². The first-order valence-electron chi connectivity index (χ1n) is 9.50. The number of hydrogen-bond acceptors (Lipinski definition) is 4. The van der Waals surface area contributed by atoms with Crippen molar-refractivity contribution in [3.05, 3.63) is 83.4 Å². The molecule has 2 atom stereocenters. The van der Waals surface area contributed by atoms with Gasteiger partial charge in [0, 0.05) is 0 Å². The highest BCUT2D eigenvalue weighted by atomic mass is 19.3. The highest BCUT2D eigenvalue weighted by Gasteiger charge is 2.43. The molecule has 0 amide bonds. The molecule has 158 valence electrons. The SMILES string of the molecule is CC1OC(c2c(F)cccc2F)=NC1c1ccc(-c2ccc3c(c2)OC(F)(F)O3)cc1. The molecule has 0 fully saturated rings. The van der Waals surface area contributed by atoms with E-state index in [1.54, 1.807) is 25.1 Å². The number of nitrogens with zero attached hydrogens (tertiary/aromatic N) is 1. The van der Waals surface area contributed by atoms with Crippen LogP contribution in [-0.2, 0) is 4.74 Å². The molecule has 3 aromatic rings. The molecule has 5 rings (SSSR count). The van der Waals surface area contributed by atoms with Gasteiger partial charge in [0.25, 0.3) is 0 Å². The van der Waals surface area contributed by atoms with Gasteiger partial charge in [0.1, 0.15) is 29.3 Å². The van der Waals surface area contributed by atoms with Crippen LogP contribution in [0, 0.1) is 11.6 Å². The first kappa shape index (κ1) is 19.4. The molecule has 3 aromatic carbocycles. The fourth-order valence-corrected chi connectivity index (χ4v) is 3.67. The van der Waals surface area contributed by atoms with E-state index < -0.39 is 30.1 Å².